The number of rotatable bonds is 5. The van der Waals surface area contributed by atoms with Gasteiger partial charge in [-0.1, -0.05) is 18.2 Å². The molecular weight excluding hydrogens is 453 g/mol. The van der Waals surface area contributed by atoms with Crippen LogP contribution in [0.15, 0.2) is 42.5 Å². The minimum Gasteiger partial charge on any atom is -0.493 e. The summed E-state index contributed by atoms with van der Waals surface area (Å²) in [5.74, 6) is -0.496. The number of esters is 1. The number of hydrogen-bond donors (Lipinski definition) is 0. The fourth-order valence-corrected chi connectivity index (χ4v) is 4.50. The van der Waals surface area contributed by atoms with Gasteiger partial charge >= 0.3 is 12.1 Å². The normalized spacial score (nSPS) is 20.8. The summed E-state index contributed by atoms with van der Waals surface area (Å²) in [5.41, 5.74) is 0.0161. The van der Waals surface area contributed by atoms with Gasteiger partial charge in [0.25, 0.3) is 0 Å². The van der Waals surface area contributed by atoms with E-state index < -0.39 is 29.7 Å². The number of nitrogens with zero attached hydrogens (tertiary/aromatic N) is 2. The summed E-state index contributed by atoms with van der Waals surface area (Å²) in [6.07, 6.45) is -5.30. The Labute approximate surface area is 195 Å². The van der Waals surface area contributed by atoms with Crippen LogP contribution in [0, 0.1) is 5.92 Å². The summed E-state index contributed by atoms with van der Waals surface area (Å²) in [4.78, 5) is 28.6. The molecule has 0 aromatic heterocycles. The lowest BCUT2D eigenvalue weighted by Gasteiger charge is -2.38. The van der Waals surface area contributed by atoms with E-state index in [9.17, 15) is 22.8 Å². The summed E-state index contributed by atoms with van der Waals surface area (Å²) >= 11 is 0. The zero-order valence-electron chi connectivity index (χ0n) is 18.8. The Hall–Kier alpha value is -3.43. The van der Waals surface area contributed by atoms with Gasteiger partial charge in [0.05, 0.1) is 32.1 Å². The molecule has 2 aromatic carbocycles. The molecule has 2 heterocycles. The van der Waals surface area contributed by atoms with Crippen molar-refractivity contribution in [2.75, 3.05) is 45.3 Å². The van der Waals surface area contributed by atoms with E-state index in [0.717, 1.165) is 6.07 Å². The number of cyclic esters (lactones) is 1. The summed E-state index contributed by atoms with van der Waals surface area (Å²) in [5, 5.41) is 0. The van der Waals surface area contributed by atoms with E-state index in [4.69, 9.17) is 14.2 Å². The number of alkyl halides is 3. The van der Waals surface area contributed by atoms with Crippen LogP contribution in [0.5, 0.6) is 11.5 Å². The first-order chi connectivity index (χ1) is 16.2. The van der Waals surface area contributed by atoms with E-state index in [1.807, 2.05) is 0 Å². The van der Waals surface area contributed by atoms with E-state index >= 15 is 0 Å². The van der Waals surface area contributed by atoms with E-state index in [0.29, 0.717) is 17.1 Å². The number of benzene rings is 2. The van der Waals surface area contributed by atoms with Crippen molar-refractivity contribution >= 4 is 17.6 Å². The number of methoxy groups -OCH3 is 2. The molecule has 7 nitrogen and oxygen atoms in total. The van der Waals surface area contributed by atoms with Gasteiger partial charge in [-0.25, -0.2) is 0 Å². The van der Waals surface area contributed by atoms with E-state index in [1.54, 1.807) is 34.1 Å². The van der Waals surface area contributed by atoms with Crippen molar-refractivity contribution in [2.24, 2.45) is 5.92 Å². The van der Waals surface area contributed by atoms with Gasteiger partial charge in [-0.2, -0.15) is 13.2 Å². The Morgan fingerprint density at radius 2 is 1.68 bits per heavy atom. The summed E-state index contributed by atoms with van der Waals surface area (Å²) in [6, 6.07) is 10.5. The Bertz CT molecular complexity index is 1070. The third-order valence-corrected chi connectivity index (χ3v) is 6.21. The molecule has 0 bridgehead atoms. The second kappa shape index (κ2) is 9.44. The molecule has 1 amide bonds. The number of amides is 1. The third-order valence-electron chi connectivity index (χ3n) is 6.21. The van der Waals surface area contributed by atoms with E-state index in [-0.39, 0.29) is 44.2 Å². The molecule has 2 aliphatic rings. The maximum Gasteiger partial charge on any atom is 0.418 e. The Kier molecular flexibility index (Phi) is 6.58. The monoisotopic (exact) mass is 478 g/mol. The Morgan fingerprint density at radius 3 is 2.32 bits per heavy atom. The number of para-hydroxylation sites is 1. The first-order valence-electron chi connectivity index (χ1n) is 10.8. The maximum atomic E-state index is 13.4. The van der Waals surface area contributed by atoms with Gasteiger partial charge < -0.3 is 24.0 Å². The highest BCUT2D eigenvalue weighted by atomic mass is 19.4. The molecule has 2 saturated heterocycles. The lowest BCUT2D eigenvalue weighted by atomic mass is 9.93. The van der Waals surface area contributed by atoms with E-state index in [2.05, 4.69) is 0 Å². The predicted octanol–water partition coefficient (Wildman–Crippen LogP) is 3.68. The highest BCUT2D eigenvalue weighted by Gasteiger charge is 2.43. The smallest absolute Gasteiger partial charge is 0.418 e. The van der Waals surface area contributed by atoms with Gasteiger partial charge in [0.15, 0.2) is 11.5 Å². The standard InChI is InChI=1S/C24H25F3N2O5/c1-32-19-8-7-15(13-20(19)33-2)22-16(14-21(30)34-22)23(31)29-11-9-28(10-12-29)18-6-4-3-5-17(18)24(25,26)27/h3-8,13,16,22H,9-12,14H2,1-2H3/t16-,22-/m1/s1. The minimum atomic E-state index is -4.46. The van der Waals surface area contributed by atoms with Crippen LogP contribution in [0.3, 0.4) is 0 Å². The molecule has 0 spiro atoms. The van der Waals surface area contributed by atoms with Gasteiger partial charge in [0.2, 0.25) is 5.91 Å². The number of carbonyl (C=O) groups excluding carboxylic acids is 2. The van der Waals surface area contributed by atoms with Crippen molar-refractivity contribution in [1.82, 2.24) is 4.90 Å². The maximum absolute atomic E-state index is 13.4. The highest BCUT2D eigenvalue weighted by Crippen LogP contribution is 2.41. The molecule has 0 aliphatic carbocycles. The molecule has 0 N–H and O–H groups in total. The highest BCUT2D eigenvalue weighted by molar-refractivity contribution is 5.87. The molecule has 0 saturated carbocycles. The molecule has 2 fully saturated rings. The van der Waals surface area contributed by atoms with Crippen molar-refractivity contribution in [2.45, 2.75) is 18.7 Å². The average molecular weight is 478 g/mol. The van der Waals surface area contributed by atoms with Gasteiger partial charge in [-0.15, -0.1) is 0 Å². The van der Waals surface area contributed by atoms with Gasteiger partial charge in [-0.05, 0) is 29.8 Å². The minimum absolute atomic E-state index is 0.0605. The molecule has 10 heteroatoms. The number of halogens is 3. The molecule has 2 aromatic rings. The largest absolute Gasteiger partial charge is 0.493 e. The third kappa shape index (κ3) is 4.62. The van der Waals surface area contributed by atoms with Gasteiger partial charge in [-0.3, -0.25) is 9.59 Å². The van der Waals surface area contributed by atoms with Crippen molar-refractivity contribution in [3.05, 3.63) is 53.6 Å². The summed E-state index contributed by atoms with van der Waals surface area (Å²) in [7, 11) is 2.99. The topological polar surface area (TPSA) is 68.3 Å². The number of anilines is 1. The van der Waals surface area contributed by atoms with Crippen LogP contribution in [0.4, 0.5) is 18.9 Å². The molecule has 0 radical (unpaired) electrons. The average Bonchev–Trinajstić information content (AvgIpc) is 3.24. The molecule has 0 unspecified atom stereocenters. The number of hydrogen-bond acceptors (Lipinski definition) is 6. The lowest BCUT2D eigenvalue weighted by molar-refractivity contribution is -0.142. The van der Waals surface area contributed by atoms with Crippen molar-refractivity contribution < 1.29 is 37.0 Å². The number of piperazine rings is 1. The van der Waals surface area contributed by atoms with Crippen LogP contribution < -0.4 is 14.4 Å². The van der Waals surface area contributed by atoms with Crippen LogP contribution in [-0.4, -0.2) is 57.2 Å². The van der Waals surface area contributed by atoms with Crippen molar-refractivity contribution in [1.29, 1.82) is 0 Å². The van der Waals surface area contributed by atoms with Gasteiger partial charge in [0, 0.05) is 31.9 Å². The summed E-state index contributed by atoms with van der Waals surface area (Å²) in [6.45, 7) is 0.992. The molecule has 182 valence electrons. The molecule has 4 rings (SSSR count). The zero-order chi connectivity index (χ0) is 24.5. The van der Waals surface area contributed by atoms with E-state index in [1.165, 1.54) is 26.4 Å². The van der Waals surface area contributed by atoms with Crippen LogP contribution in [0.2, 0.25) is 0 Å². The Balaban J connectivity index is 1.48. The van der Waals surface area contributed by atoms with Crippen LogP contribution >= 0.6 is 0 Å². The summed E-state index contributed by atoms with van der Waals surface area (Å²) < 4.78 is 56.2. The van der Waals surface area contributed by atoms with Crippen LogP contribution in [0.1, 0.15) is 23.7 Å². The quantitative estimate of drug-likeness (QED) is 0.611. The lowest BCUT2D eigenvalue weighted by Crippen LogP contribution is -2.51. The van der Waals surface area contributed by atoms with Gasteiger partial charge in [0.1, 0.15) is 6.10 Å². The van der Waals surface area contributed by atoms with Crippen LogP contribution in [0.25, 0.3) is 0 Å². The fourth-order valence-electron chi connectivity index (χ4n) is 4.50. The van der Waals surface area contributed by atoms with Crippen molar-refractivity contribution in [3.8, 4) is 11.5 Å². The Morgan fingerprint density at radius 1 is 1.00 bits per heavy atom. The zero-order valence-corrected chi connectivity index (χ0v) is 18.8. The fraction of sp³-hybridized carbons (Fsp3) is 0.417. The van der Waals surface area contributed by atoms with Crippen molar-refractivity contribution in [3.63, 3.8) is 0 Å². The second-order valence-electron chi connectivity index (χ2n) is 8.16. The molecule has 34 heavy (non-hydrogen) atoms. The first-order valence-corrected chi connectivity index (χ1v) is 10.8. The molecule has 2 atom stereocenters. The molecular formula is C24H25F3N2O5. The van der Waals surface area contributed by atoms with Crippen LogP contribution in [-0.2, 0) is 20.5 Å². The first kappa shape index (κ1) is 23.7. The number of carbonyl (C=O) groups is 2. The predicted molar refractivity (Wildman–Crippen MR) is 117 cm³/mol. The number of ether oxygens (including phenoxy) is 3. The second-order valence-corrected chi connectivity index (χ2v) is 8.16. The molecule has 2 aliphatic heterocycles. The SMILES string of the molecule is COc1ccc([C@H]2OC(=O)C[C@H]2C(=O)N2CCN(c3ccccc3C(F)(F)F)CC2)cc1OC.